The molecule has 1 unspecified atom stereocenters. The summed E-state index contributed by atoms with van der Waals surface area (Å²) in [7, 11) is 0. The maximum absolute atomic E-state index is 12.7. The summed E-state index contributed by atoms with van der Waals surface area (Å²) >= 11 is 0. The summed E-state index contributed by atoms with van der Waals surface area (Å²) in [5.41, 5.74) is 0. The van der Waals surface area contributed by atoms with Gasteiger partial charge >= 0.3 is 17.9 Å². The van der Waals surface area contributed by atoms with Gasteiger partial charge in [0.05, 0.1) is 0 Å². The van der Waals surface area contributed by atoms with E-state index in [0.717, 1.165) is 64.2 Å². The van der Waals surface area contributed by atoms with E-state index in [2.05, 4.69) is 39.0 Å². The Morgan fingerprint density at radius 3 is 1.14 bits per heavy atom. The summed E-state index contributed by atoms with van der Waals surface area (Å²) in [5, 5.41) is 0. The lowest BCUT2D eigenvalue weighted by atomic mass is 10.0. The molecule has 0 spiro atoms. The second-order valence-electron chi connectivity index (χ2n) is 16.1. The van der Waals surface area contributed by atoms with Gasteiger partial charge in [-0.2, -0.15) is 0 Å². The number of allylic oxidation sites excluding steroid dienone is 12. The van der Waals surface area contributed by atoms with Crippen LogP contribution in [-0.4, -0.2) is 37.2 Å². The number of hydrogen-bond acceptors (Lipinski definition) is 6. The molecular formula is C53H90O6. The molecule has 0 aromatic rings. The molecule has 1 atom stereocenters. The second kappa shape index (κ2) is 47.5. The molecule has 0 aromatic carbocycles. The minimum atomic E-state index is -0.815. The van der Waals surface area contributed by atoms with Crippen molar-refractivity contribution in [1.82, 2.24) is 0 Å². The smallest absolute Gasteiger partial charge is 0.306 e. The van der Waals surface area contributed by atoms with Crippen LogP contribution in [0.2, 0.25) is 0 Å². The van der Waals surface area contributed by atoms with Gasteiger partial charge in [0.1, 0.15) is 13.2 Å². The predicted octanol–water partition coefficient (Wildman–Crippen LogP) is 15.9. The lowest BCUT2D eigenvalue weighted by Gasteiger charge is -2.18. The van der Waals surface area contributed by atoms with Crippen LogP contribution < -0.4 is 0 Å². The van der Waals surface area contributed by atoms with Crippen molar-refractivity contribution in [2.24, 2.45) is 0 Å². The predicted molar refractivity (Wildman–Crippen MR) is 251 cm³/mol. The zero-order valence-electron chi connectivity index (χ0n) is 38.5. The molecule has 0 aliphatic heterocycles. The second-order valence-corrected chi connectivity index (χ2v) is 16.1. The molecule has 0 N–H and O–H groups in total. The first-order chi connectivity index (χ1) is 29.0. The Labute approximate surface area is 363 Å². The Hall–Kier alpha value is -3.15. The number of ether oxygens (including phenoxy) is 3. The van der Waals surface area contributed by atoms with Crippen LogP contribution in [0.3, 0.4) is 0 Å². The maximum Gasteiger partial charge on any atom is 0.306 e. The van der Waals surface area contributed by atoms with Crippen molar-refractivity contribution >= 4 is 17.9 Å². The van der Waals surface area contributed by atoms with Gasteiger partial charge in [0.2, 0.25) is 0 Å². The van der Waals surface area contributed by atoms with Crippen molar-refractivity contribution in [2.45, 2.75) is 232 Å². The zero-order valence-corrected chi connectivity index (χ0v) is 38.5. The highest BCUT2D eigenvalue weighted by Gasteiger charge is 2.19. The summed E-state index contributed by atoms with van der Waals surface area (Å²) in [5.74, 6) is -0.999. The quantitative estimate of drug-likeness (QED) is 0.0200. The first-order valence-electron chi connectivity index (χ1n) is 24.5. The molecule has 6 heteroatoms. The van der Waals surface area contributed by atoms with Crippen LogP contribution in [0.4, 0.5) is 0 Å². The summed E-state index contributed by atoms with van der Waals surface area (Å²) in [6.07, 6.45) is 58.9. The van der Waals surface area contributed by atoms with E-state index in [1.807, 2.05) is 54.7 Å². The number of hydrogen-bond donors (Lipinski definition) is 0. The largest absolute Gasteiger partial charge is 0.462 e. The molecule has 0 heterocycles. The van der Waals surface area contributed by atoms with Crippen LogP contribution in [0.1, 0.15) is 226 Å². The van der Waals surface area contributed by atoms with Gasteiger partial charge in [-0.15, -0.1) is 0 Å². The summed E-state index contributed by atoms with van der Waals surface area (Å²) < 4.78 is 16.7. The zero-order chi connectivity index (χ0) is 43.0. The fourth-order valence-electron chi connectivity index (χ4n) is 6.64. The molecule has 0 aromatic heterocycles. The Balaban J connectivity index is 4.48. The third-order valence-electron chi connectivity index (χ3n) is 10.3. The SMILES string of the molecule is CC/C=C/C=C/C=C/C=C/C=C/CCCC(=O)OC(COC(=O)CCCCC/C=C/CCCCCCCC)COC(=O)CCCCCCCCCCCCCCCCC. The summed E-state index contributed by atoms with van der Waals surface area (Å²) in [6.45, 7) is 6.41. The van der Waals surface area contributed by atoms with E-state index in [1.165, 1.54) is 116 Å². The molecule has 0 bridgehead atoms. The van der Waals surface area contributed by atoms with E-state index < -0.39 is 6.10 Å². The van der Waals surface area contributed by atoms with Gasteiger partial charge in [-0.1, -0.05) is 222 Å². The van der Waals surface area contributed by atoms with E-state index >= 15 is 0 Å². The minimum absolute atomic E-state index is 0.107. The molecule has 0 aliphatic rings. The highest BCUT2D eigenvalue weighted by molar-refractivity contribution is 5.71. The van der Waals surface area contributed by atoms with Crippen LogP contribution in [0, 0.1) is 0 Å². The number of carbonyl (C=O) groups is 3. The maximum atomic E-state index is 12.7. The molecule has 338 valence electrons. The van der Waals surface area contributed by atoms with Gasteiger partial charge in [-0.05, 0) is 57.8 Å². The van der Waals surface area contributed by atoms with E-state index in [9.17, 15) is 14.4 Å². The molecule has 0 rings (SSSR count). The standard InChI is InChI=1S/C53H90O6/c1-4-7-10-13-16-19-22-25-26-29-31-34-37-40-43-46-52(55)58-49-50(59-53(56)47-44-41-38-35-32-28-24-21-18-15-12-9-6-3)48-57-51(54)45-42-39-36-33-30-27-23-20-17-14-11-8-5-2/h9,12,15,18,21,24,27-28,30,32,35,38,50H,4-8,10-11,13-14,16-17,19-20,22-23,25-26,29,31,33-34,36-37,39-49H2,1-3H3/b12-9+,18-15+,24-21+,30-27+,32-28+,38-35+. The number of unbranched alkanes of at least 4 members (excludes halogenated alkanes) is 24. The van der Waals surface area contributed by atoms with Crippen LogP contribution in [-0.2, 0) is 28.6 Å². The summed E-state index contributed by atoms with van der Waals surface area (Å²) in [6, 6.07) is 0. The number of carbonyl (C=O) groups excluding carboxylic acids is 3. The molecule has 0 amide bonds. The third-order valence-corrected chi connectivity index (χ3v) is 10.3. The Morgan fingerprint density at radius 1 is 0.356 bits per heavy atom. The van der Waals surface area contributed by atoms with Crippen molar-refractivity contribution in [3.63, 3.8) is 0 Å². The van der Waals surface area contributed by atoms with Crippen molar-refractivity contribution < 1.29 is 28.6 Å². The average molecular weight is 823 g/mol. The van der Waals surface area contributed by atoms with Gasteiger partial charge < -0.3 is 14.2 Å². The van der Waals surface area contributed by atoms with Crippen molar-refractivity contribution in [2.75, 3.05) is 13.2 Å². The normalized spacial score (nSPS) is 12.7. The van der Waals surface area contributed by atoms with Gasteiger partial charge in [0.15, 0.2) is 6.10 Å². The van der Waals surface area contributed by atoms with Crippen LogP contribution >= 0.6 is 0 Å². The monoisotopic (exact) mass is 823 g/mol. The lowest BCUT2D eigenvalue weighted by Crippen LogP contribution is -2.30. The van der Waals surface area contributed by atoms with Crippen LogP contribution in [0.5, 0.6) is 0 Å². The van der Waals surface area contributed by atoms with Crippen LogP contribution in [0.25, 0.3) is 0 Å². The molecule has 0 aliphatic carbocycles. The Kier molecular flexibility index (Phi) is 45.0. The van der Waals surface area contributed by atoms with Crippen LogP contribution in [0.15, 0.2) is 72.9 Å². The lowest BCUT2D eigenvalue weighted by molar-refractivity contribution is -0.167. The molecule has 0 saturated heterocycles. The average Bonchev–Trinajstić information content (AvgIpc) is 3.23. The van der Waals surface area contributed by atoms with E-state index in [0.29, 0.717) is 19.3 Å². The molecule has 0 fully saturated rings. The van der Waals surface area contributed by atoms with E-state index in [1.54, 1.807) is 0 Å². The number of rotatable bonds is 43. The molecule has 59 heavy (non-hydrogen) atoms. The minimum Gasteiger partial charge on any atom is -0.462 e. The van der Waals surface area contributed by atoms with Crippen molar-refractivity contribution in [1.29, 1.82) is 0 Å². The highest BCUT2D eigenvalue weighted by Crippen LogP contribution is 2.15. The highest BCUT2D eigenvalue weighted by atomic mass is 16.6. The third kappa shape index (κ3) is 45.8. The topological polar surface area (TPSA) is 78.9 Å². The molecule has 0 radical (unpaired) electrons. The van der Waals surface area contributed by atoms with E-state index in [-0.39, 0.29) is 37.5 Å². The van der Waals surface area contributed by atoms with Crippen molar-refractivity contribution in [3.05, 3.63) is 72.9 Å². The van der Waals surface area contributed by atoms with Gasteiger partial charge in [-0.25, -0.2) is 0 Å². The molecule has 6 nitrogen and oxygen atoms in total. The molecule has 0 saturated carbocycles. The Bertz CT molecular complexity index is 1130. The van der Waals surface area contributed by atoms with Gasteiger partial charge in [0.25, 0.3) is 0 Å². The Morgan fingerprint density at radius 2 is 0.695 bits per heavy atom. The summed E-state index contributed by atoms with van der Waals surface area (Å²) in [4.78, 5) is 37.8. The fourth-order valence-corrected chi connectivity index (χ4v) is 6.64. The fraction of sp³-hybridized carbons (Fsp3) is 0.717. The van der Waals surface area contributed by atoms with Gasteiger partial charge in [-0.3, -0.25) is 14.4 Å². The van der Waals surface area contributed by atoms with Gasteiger partial charge in [0, 0.05) is 19.3 Å². The van der Waals surface area contributed by atoms with E-state index in [4.69, 9.17) is 14.2 Å². The molecular weight excluding hydrogens is 733 g/mol. The first kappa shape index (κ1) is 55.9. The first-order valence-corrected chi connectivity index (χ1v) is 24.5. The van der Waals surface area contributed by atoms with Crippen molar-refractivity contribution in [3.8, 4) is 0 Å². The number of esters is 3.